The second kappa shape index (κ2) is 8.91. The third kappa shape index (κ3) is 4.25. The van der Waals surface area contributed by atoms with E-state index in [0.29, 0.717) is 0 Å². The van der Waals surface area contributed by atoms with Crippen LogP contribution >= 0.6 is 11.8 Å². The van der Waals surface area contributed by atoms with E-state index < -0.39 is 0 Å². The number of anilines is 1. The molecule has 0 saturated carbocycles. The summed E-state index contributed by atoms with van der Waals surface area (Å²) in [6.07, 6.45) is 2.03. The van der Waals surface area contributed by atoms with Gasteiger partial charge in [-0.3, -0.25) is 0 Å². The van der Waals surface area contributed by atoms with Gasteiger partial charge in [0.2, 0.25) is 0 Å². The van der Waals surface area contributed by atoms with Crippen LogP contribution in [0.3, 0.4) is 0 Å². The first-order valence-corrected chi connectivity index (χ1v) is 10.4. The van der Waals surface area contributed by atoms with E-state index >= 15 is 0 Å². The minimum atomic E-state index is 0.779. The predicted octanol–water partition coefficient (Wildman–Crippen LogP) is 5.94. The number of aryl methyl sites for hydroxylation is 1. The molecule has 140 valence electrons. The van der Waals surface area contributed by atoms with Gasteiger partial charge < -0.3 is 9.42 Å². The van der Waals surface area contributed by atoms with E-state index in [1.807, 2.05) is 43.5 Å². The van der Waals surface area contributed by atoms with Gasteiger partial charge in [0.05, 0.1) is 11.3 Å². The zero-order valence-corrected chi connectivity index (χ0v) is 17.1. The summed E-state index contributed by atoms with van der Waals surface area (Å²) in [5.41, 5.74) is 4.97. The first-order chi connectivity index (χ1) is 13.2. The average molecular weight is 380 g/mol. The van der Waals surface area contributed by atoms with Crippen LogP contribution in [0.5, 0.6) is 0 Å². The monoisotopic (exact) mass is 379 g/mol. The third-order valence-corrected chi connectivity index (χ3v) is 5.21. The van der Waals surface area contributed by atoms with Crippen molar-refractivity contribution in [2.45, 2.75) is 20.8 Å². The summed E-state index contributed by atoms with van der Waals surface area (Å²) in [5.74, 6) is 0.779. The van der Waals surface area contributed by atoms with Gasteiger partial charge in [0.1, 0.15) is 16.5 Å². The summed E-state index contributed by atoms with van der Waals surface area (Å²) in [6, 6.07) is 18.5. The number of hydrogen-bond acceptors (Lipinski definition) is 5. The highest BCUT2D eigenvalue weighted by molar-refractivity contribution is 8.13. The fourth-order valence-corrected chi connectivity index (χ4v) is 3.71. The Kier molecular flexibility index (Phi) is 6.35. The molecule has 1 heterocycles. The molecule has 5 heteroatoms. The second-order valence-corrected chi connectivity index (χ2v) is 6.93. The Morgan fingerprint density at radius 2 is 1.70 bits per heavy atom. The lowest BCUT2D eigenvalue weighted by Gasteiger charge is -2.20. The van der Waals surface area contributed by atoms with Gasteiger partial charge >= 0.3 is 0 Å². The third-order valence-electron chi connectivity index (χ3n) is 4.53. The zero-order chi connectivity index (χ0) is 19.2. The van der Waals surface area contributed by atoms with Crippen molar-refractivity contribution in [3.05, 3.63) is 65.9 Å². The van der Waals surface area contributed by atoms with Crippen LogP contribution < -0.4 is 4.90 Å². The van der Waals surface area contributed by atoms with E-state index in [9.17, 15) is 0 Å². The van der Waals surface area contributed by atoms with Gasteiger partial charge in [-0.2, -0.15) is 0 Å². The Balaban J connectivity index is 1.97. The van der Waals surface area contributed by atoms with E-state index in [-0.39, 0.29) is 0 Å². The van der Waals surface area contributed by atoms with E-state index in [0.717, 1.165) is 46.4 Å². The zero-order valence-electron chi connectivity index (χ0n) is 16.3. The molecule has 0 spiro atoms. The molecule has 0 N–H and O–H groups in total. The Morgan fingerprint density at radius 1 is 1.04 bits per heavy atom. The predicted molar refractivity (Wildman–Crippen MR) is 116 cm³/mol. The quantitative estimate of drug-likeness (QED) is 0.393. The first kappa shape index (κ1) is 19.2. The van der Waals surface area contributed by atoms with Crippen LogP contribution in [0.15, 0.2) is 64.1 Å². The van der Waals surface area contributed by atoms with Gasteiger partial charge in [-0.15, -0.1) is 11.8 Å². The number of hydrogen-bond donors (Lipinski definition) is 0. The fraction of sp³-hybridized carbons (Fsp3) is 0.273. The molecule has 0 bridgehead atoms. The second-order valence-electron chi connectivity index (χ2n) is 6.14. The van der Waals surface area contributed by atoms with E-state index in [4.69, 9.17) is 9.52 Å². The molecule has 0 aliphatic carbocycles. The molecular weight excluding hydrogens is 354 g/mol. The number of benzene rings is 2. The minimum Gasteiger partial charge on any atom is -0.372 e. The smallest absolute Gasteiger partial charge is 0.144 e. The number of rotatable bonds is 6. The molecule has 0 aliphatic rings. The molecule has 0 amide bonds. The molecule has 3 rings (SSSR count). The number of nitrogens with zero attached hydrogens (tertiary/aromatic N) is 3. The molecule has 4 nitrogen and oxygen atoms in total. The highest BCUT2D eigenvalue weighted by Gasteiger charge is 2.19. The Bertz CT molecular complexity index is 897. The van der Waals surface area contributed by atoms with E-state index in [2.05, 4.69) is 48.2 Å². The highest BCUT2D eigenvalue weighted by atomic mass is 32.2. The van der Waals surface area contributed by atoms with Gasteiger partial charge in [0, 0.05) is 24.3 Å². The average Bonchev–Trinajstić information content (AvgIpc) is 3.10. The van der Waals surface area contributed by atoms with E-state index in [1.54, 1.807) is 11.8 Å². The van der Waals surface area contributed by atoms with Crippen LogP contribution in [-0.2, 0) is 0 Å². The van der Waals surface area contributed by atoms with Crippen molar-refractivity contribution < 1.29 is 4.52 Å². The summed E-state index contributed by atoms with van der Waals surface area (Å²) in [6.45, 7) is 8.26. The van der Waals surface area contributed by atoms with E-state index in [1.165, 1.54) is 5.69 Å². The van der Waals surface area contributed by atoms with Gasteiger partial charge in [0.15, 0.2) is 0 Å². The molecule has 0 saturated heterocycles. The molecule has 0 fully saturated rings. The van der Waals surface area contributed by atoms with Crippen LogP contribution in [0.4, 0.5) is 11.4 Å². The van der Waals surface area contributed by atoms with Gasteiger partial charge in [-0.25, -0.2) is 4.99 Å². The molecule has 2 aromatic carbocycles. The van der Waals surface area contributed by atoms with Crippen LogP contribution in [0.1, 0.15) is 25.2 Å². The summed E-state index contributed by atoms with van der Waals surface area (Å²) < 4.78 is 5.50. The van der Waals surface area contributed by atoms with Crippen LogP contribution in [0.25, 0.3) is 11.3 Å². The molecule has 0 radical (unpaired) electrons. The molecular formula is C22H25N3OS. The molecule has 0 unspecified atom stereocenters. The normalized spacial score (nSPS) is 11.6. The summed E-state index contributed by atoms with van der Waals surface area (Å²) in [4.78, 5) is 7.20. The summed E-state index contributed by atoms with van der Waals surface area (Å²) in [5, 5.41) is 5.19. The molecule has 3 aromatic rings. The maximum absolute atomic E-state index is 5.50. The van der Waals surface area contributed by atoms with Crippen molar-refractivity contribution in [2.75, 3.05) is 24.2 Å². The first-order valence-electron chi connectivity index (χ1n) is 9.17. The van der Waals surface area contributed by atoms with Gasteiger partial charge in [-0.05, 0) is 51.3 Å². The lowest BCUT2D eigenvalue weighted by molar-refractivity contribution is 0.399. The van der Waals surface area contributed by atoms with Crippen LogP contribution in [0.2, 0.25) is 0 Å². The fourth-order valence-electron chi connectivity index (χ4n) is 3.06. The topological polar surface area (TPSA) is 41.6 Å². The molecule has 27 heavy (non-hydrogen) atoms. The van der Waals surface area contributed by atoms with Crippen molar-refractivity contribution in [3.8, 4) is 11.3 Å². The van der Waals surface area contributed by atoms with Crippen LogP contribution in [-0.4, -0.2) is 29.5 Å². The van der Waals surface area contributed by atoms with Crippen molar-refractivity contribution in [3.63, 3.8) is 0 Å². The summed E-state index contributed by atoms with van der Waals surface area (Å²) >= 11 is 1.60. The van der Waals surface area contributed by atoms with Crippen LogP contribution in [0, 0.1) is 6.92 Å². The van der Waals surface area contributed by atoms with Crippen molar-refractivity contribution in [1.29, 1.82) is 0 Å². The number of thioether (sulfide) groups is 1. The minimum absolute atomic E-state index is 0.779. The Morgan fingerprint density at radius 3 is 2.30 bits per heavy atom. The largest absolute Gasteiger partial charge is 0.372 e. The molecule has 0 aliphatic heterocycles. The SMILES string of the molecule is CCN(CC)c1ccc(N=C(SC)c2c(-c3ccccc3)noc2C)cc1. The highest BCUT2D eigenvalue weighted by Crippen LogP contribution is 2.30. The Labute approximate surface area is 165 Å². The molecule has 1 aromatic heterocycles. The van der Waals surface area contributed by atoms with Gasteiger partial charge in [-0.1, -0.05) is 35.5 Å². The standard InChI is InChI=1S/C22H25N3OS/c1-5-25(6-2)19-14-12-18(13-15-19)23-22(27-4)20-16(3)26-24-21(20)17-10-8-7-9-11-17/h7-15H,5-6H2,1-4H3. The maximum Gasteiger partial charge on any atom is 0.144 e. The maximum atomic E-state index is 5.50. The van der Waals surface area contributed by atoms with Crippen molar-refractivity contribution in [1.82, 2.24) is 5.16 Å². The van der Waals surface area contributed by atoms with Crippen molar-refractivity contribution in [2.24, 2.45) is 4.99 Å². The summed E-state index contributed by atoms with van der Waals surface area (Å²) in [7, 11) is 0. The molecule has 0 atom stereocenters. The lowest BCUT2D eigenvalue weighted by atomic mass is 10.1. The van der Waals surface area contributed by atoms with Crippen molar-refractivity contribution >= 4 is 28.2 Å². The number of aromatic nitrogens is 1. The lowest BCUT2D eigenvalue weighted by Crippen LogP contribution is -2.21. The van der Waals surface area contributed by atoms with Gasteiger partial charge in [0.25, 0.3) is 0 Å². The Hall–Kier alpha value is -2.53. The number of aliphatic imine (C=N–C) groups is 1.